The molecule has 0 bridgehead atoms. The third kappa shape index (κ3) is 5.18. The summed E-state index contributed by atoms with van der Waals surface area (Å²) < 4.78 is 42.7. The summed E-state index contributed by atoms with van der Waals surface area (Å²) in [4.78, 5) is 17.0. The summed E-state index contributed by atoms with van der Waals surface area (Å²) in [6.07, 6.45) is -2.56. The molecule has 1 saturated carbocycles. The third-order valence-corrected chi connectivity index (χ3v) is 7.18. The predicted octanol–water partition coefficient (Wildman–Crippen LogP) is 4.32. The van der Waals surface area contributed by atoms with Crippen molar-refractivity contribution in [1.82, 2.24) is 29.4 Å². The zero-order chi connectivity index (χ0) is 25.4. The van der Waals surface area contributed by atoms with Crippen LogP contribution in [0.3, 0.4) is 0 Å². The molecular weight excluding hydrogens is 469 g/mol. The second-order valence-electron chi connectivity index (χ2n) is 9.75. The summed E-state index contributed by atoms with van der Waals surface area (Å²) in [6.45, 7) is 7.75. The van der Waals surface area contributed by atoms with Gasteiger partial charge in [0, 0.05) is 68.6 Å². The molecule has 2 aliphatic rings. The van der Waals surface area contributed by atoms with Gasteiger partial charge in [-0.1, -0.05) is 18.2 Å². The lowest BCUT2D eigenvalue weighted by Gasteiger charge is -2.35. The van der Waals surface area contributed by atoms with E-state index in [9.17, 15) is 18.0 Å². The number of nitrogens with zero attached hydrogens (tertiary/aromatic N) is 6. The maximum absolute atomic E-state index is 13.1. The van der Waals surface area contributed by atoms with E-state index in [1.54, 1.807) is 0 Å². The van der Waals surface area contributed by atoms with Gasteiger partial charge in [0.1, 0.15) is 0 Å². The van der Waals surface area contributed by atoms with E-state index in [2.05, 4.69) is 16.9 Å². The standard InChI is InChI=1S/C26H31F3N6O/c1-18-22(19(2)35(30-18)21-6-4-3-5-7-21)17-32-12-14-33(15-13-32)25(36)10-11-34-23(20-8-9-20)16-24(31-34)26(27,28)29/h3-7,16,20H,8-15,17H2,1-2H3. The summed E-state index contributed by atoms with van der Waals surface area (Å²) in [5.41, 5.74) is 4.07. The van der Waals surface area contributed by atoms with Gasteiger partial charge in [-0.05, 0) is 44.9 Å². The number of carbonyl (C=O) groups excluding carboxylic acids is 1. The molecule has 0 unspecified atom stereocenters. The highest BCUT2D eigenvalue weighted by Crippen LogP contribution is 2.42. The monoisotopic (exact) mass is 500 g/mol. The molecule has 1 aliphatic heterocycles. The van der Waals surface area contributed by atoms with Crippen molar-refractivity contribution in [3.8, 4) is 5.69 Å². The number of alkyl halides is 3. The molecule has 0 atom stereocenters. The van der Waals surface area contributed by atoms with Crippen molar-refractivity contribution in [2.45, 2.75) is 58.3 Å². The van der Waals surface area contributed by atoms with Crippen molar-refractivity contribution in [3.05, 3.63) is 64.7 Å². The Morgan fingerprint density at radius 1 is 1.03 bits per heavy atom. The van der Waals surface area contributed by atoms with Crippen LogP contribution in [0.4, 0.5) is 13.2 Å². The summed E-state index contributed by atoms with van der Waals surface area (Å²) in [7, 11) is 0. The lowest BCUT2D eigenvalue weighted by atomic mass is 10.1. The second-order valence-corrected chi connectivity index (χ2v) is 9.75. The van der Waals surface area contributed by atoms with Crippen molar-refractivity contribution < 1.29 is 18.0 Å². The number of para-hydroxylation sites is 1. The number of aromatic nitrogens is 4. The number of amides is 1. The van der Waals surface area contributed by atoms with Gasteiger partial charge in [-0.15, -0.1) is 0 Å². The SMILES string of the molecule is Cc1nn(-c2ccccc2)c(C)c1CN1CCN(C(=O)CCn2nc(C(F)(F)F)cc2C2CC2)CC1. The molecule has 0 spiro atoms. The maximum atomic E-state index is 13.1. The van der Waals surface area contributed by atoms with Crippen LogP contribution in [0.5, 0.6) is 0 Å². The average molecular weight is 501 g/mol. The van der Waals surface area contributed by atoms with E-state index in [-0.39, 0.29) is 24.8 Å². The summed E-state index contributed by atoms with van der Waals surface area (Å²) in [6, 6.07) is 11.2. The Hall–Kier alpha value is -3.14. The van der Waals surface area contributed by atoms with Crippen LogP contribution in [0.15, 0.2) is 36.4 Å². The van der Waals surface area contributed by atoms with Crippen LogP contribution in [0.2, 0.25) is 0 Å². The zero-order valence-electron chi connectivity index (χ0n) is 20.6. The van der Waals surface area contributed by atoms with Gasteiger partial charge in [0.25, 0.3) is 0 Å². The van der Waals surface area contributed by atoms with Crippen molar-refractivity contribution in [3.63, 3.8) is 0 Å². The number of rotatable bonds is 7. The molecule has 2 fully saturated rings. The fourth-order valence-corrected chi connectivity index (χ4v) is 4.92. The van der Waals surface area contributed by atoms with E-state index in [4.69, 9.17) is 5.10 Å². The summed E-state index contributed by atoms with van der Waals surface area (Å²) >= 11 is 0. The lowest BCUT2D eigenvalue weighted by molar-refractivity contribution is -0.141. The van der Waals surface area contributed by atoms with Crippen LogP contribution in [0.25, 0.3) is 5.69 Å². The number of hydrogen-bond acceptors (Lipinski definition) is 4. The minimum absolute atomic E-state index is 0.0373. The highest BCUT2D eigenvalue weighted by atomic mass is 19.4. The molecular formula is C26H31F3N6O. The minimum Gasteiger partial charge on any atom is -0.340 e. The van der Waals surface area contributed by atoms with Crippen LogP contribution in [-0.4, -0.2) is 61.4 Å². The smallest absolute Gasteiger partial charge is 0.340 e. The van der Waals surface area contributed by atoms with Crippen LogP contribution in [0.1, 0.15) is 53.5 Å². The summed E-state index contributed by atoms with van der Waals surface area (Å²) in [5, 5.41) is 8.49. The third-order valence-electron chi connectivity index (χ3n) is 7.18. The molecule has 3 heterocycles. The van der Waals surface area contributed by atoms with Gasteiger partial charge >= 0.3 is 6.18 Å². The molecule has 7 nitrogen and oxygen atoms in total. The van der Waals surface area contributed by atoms with Gasteiger partial charge < -0.3 is 4.90 Å². The fraction of sp³-hybridized carbons (Fsp3) is 0.500. The lowest BCUT2D eigenvalue weighted by Crippen LogP contribution is -2.48. The topological polar surface area (TPSA) is 59.2 Å². The zero-order valence-corrected chi connectivity index (χ0v) is 20.6. The molecule has 1 saturated heterocycles. The van der Waals surface area contributed by atoms with Gasteiger partial charge in [-0.3, -0.25) is 14.4 Å². The molecule has 36 heavy (non-hydrogen) atoms. The molecule has 0 radical (unpaired) electrons. The molecule has 0 N–H and O–H groups in total. The van der Waals surface area contributed by atoms with E-state index in [0.717, 1.165) is 55.6 Å². The Balaban J connectivity index is 1.16. The van der Waals surface area contributed by atoms with Gasteiger partial charge in [-0.25, -0.2) is 4.68 Å². The van der Waals surface area contributed by atoms with Crippen molar-refractivity contribution in [1.29, 1.82) is 0 Å². The second kappa shape index (κ2) is 9.72. The number of carbonyl (C=O) groups is 1. The van der Waals surface area contributed by atoms with E-state index in [1.165, 1.54) is 10.2 Å². The molecule has 10 heteroatoms. The molecule has 5 rings (SSSR count). The van der Waals surface area contributed by atoms with E-state index < -0.39 is 11.9 Å². The Bertz CT molecular complexity index is 1220. The first-order chi connectivity index (χ1) is 17.2. The highest BCUT2D eigenvalue weighted by Gasteiger charge is 2.38. The maximum Gasteiger partial charge on any atom is 0.435 e. The quantitative estimate of drug-likeness (QED) is 0.485. The minimum atomic E-state index is -4.47. The largest absolute Gasteiger partial charge is 0.435 e. The molecule has 1 amide bonds. The molecule has 2 aromatic heterocycles. The van der Waals surface area contributed by atoms with E-state index in [0.29, 0.717) is 18.8 Å². The molecule has 192 valence electrons. The first-order valence-electron chi connectivity index (χ1n) is 12.5. The number of piperazine rings is 1. The molecule has 3 aromatic rings. The van der Waals surface area contributed by atoms with E-state index >= 15 is 0 Å². The summed E-state index contributed by atoms with van der Waals surface area (Å²) in [5.74, 6) is 0.0927. The normalized spacial score (nSPS) is 17.1. The number of hydrogen-bond donors (Lipinski definition) is 0. The highest BCUT2D eigenvalue weighted by molar-refractivity contribution is 5.76. The molecule has 1 aromatic carbocycles. The van der Waals surface area contributed by atoms with Crippen LogP contribution < -0.4 is 0 Å². The van der Waals surface area contributed by atoms with Crippen molar-refractivity contribution in [2.75, 3.05) is 26.2 Å². The van der Waals surface area contributed by atoms with Crippen LogP contribution >= 0.6 is 0 Å². The number of halogens is 3. The Kier molecular flexibility index (Phi) is 6.63. The number of aryl methyl sites for hydroxylation is 2. The Morgan fingerprint density at radius 3 is 2.36 bits per heavy atom. The van der Waals surface area contributed by atoms with E-state index in [1.807, 2.05) is 46.8 Å². The molecule has 1 aliphatic carbocycles. The Labute approximate surface area is 208 Å². The van der Waals surface area contributed by atoms with Crippen molar-refractivity contribution in [2.24, 2.45) is 0 Å². The number of benzene rings is 1. The van der Waals surface area contributed by atoms with Gasteiger partial charge in [0.15, 0.2) is 5.69 Å². The van der Waals surface area contributed by atoms with Gasteiger partial charge in [-0.2, -0.15) is 23.4 Å². The predicted molar refractivity (Wildman–Crippen MR) is 129 cm³/mol. The Morgan fingerprint density at radius 2 is 1.72 bits per heavy atom. The first-order valence-corrected chi connectivity index (χ1v) is 12.5. The first kappa shape index (κ1) is 24.5. The van der Waals surface area contributed by atoms with Crippen LogP contribution in [0, 0.1) is 13.8 Å². The van der Waals surface area contributed by atoms with Crippen LogP contribution in [-0.2, 0) is 24.1 Å². The van der Waals surface area contributed by atoms with Gasteiger partial charge in [0.05, 0.1) is 11.4 Å². The average Bonchev–Trinajstić information content (AvgIpc) is 3.55. The van der Waals surface area contributed by atoms with Gasteiger partial charge in [0.2, 0.25) is 5.91 Å². The van der Waals surface area contributed by atoms with Crippen molar-refractivity contribution >= 4 is 5.91 Å². The fourth-order valence-electron chi connectivity index (χ4n) is 4.92.